The zero-order chi connectivity index (χ0) is 19.9. The number of rotatable bonds is 7. The van der Waals surface area contributed by atoms with Gasteiger partial charge < -0.3 is 18.9 Å². The molecule has 0 saturated carbocycles. The van der Waals surface area contributed by atoms with Crippen molar-refractivity contribution in [2.45, 2.75) is 64.5 Å². The van der Waals surface area contributed by atoms with Gasteiger partial charge in [0, 0.05) is 6.92 Å². The number of benzene rings is 2. The van der Waals surface area contributed by atoms with E-state index in [9.17, 15) is 4.79 Å². The van der Waals surface area contributed by atoms with Crippen LogP contribution in [-0.2, 0) is 37.0 Å². The minimum absolute atomic E-state index is 0.189. The maximum Gasteiger partial charge on any atom is 0.303 e. The van der Waals surface area contributed by atoms with Crippen LogP contribution in [0.1, 0.15) is 31.9 Å². The second-order valence-corrected chi connectivity index (χ2v) is 7.14. The SMILES string of the molecule is CC(=O)OC1C(C)OC(C)[C@H](OCc2ccccc2)[C@@H]1OCc1ccccc1. The van der Waals surface area contributed by atoms with E-state index < -0.39 is 12.2 Å². The zero-order valence-corrected chi connectivity index (χ0v) is 16.6. The number of hydrogen-bond acceptors (Lipinski definition) is 5. The molecule has 0 aliphatic carbocycles. The van der Waals surface area contributed by atoms with E-state index >= 15 is 0 Å². The molecule has 0 spiro atoms. The van der Waals surface area contributed by atoms with Crippen LogP contribution in [0.4, 0.5) is 0 Å². The summed E-state index contributed by atoms with van der Waals surface area (Å²) in [7, 11) is 0. The first-order chi connectivity index (χ1) is 13.5. The summed E-state index contributed by atoms with van der Waals surface area (Å²) in [4.78, 5) is 11.7. The Morgan fingerprint density at radius 3 is 1.75 bits per heavy atom. The van der Waals surface area contributed by atoms with Gasteiger partial charge in [-0.1, -0.05) is 60.7 Å². The van der Waals surface area contributed by atoms with Crippen LogP contribution in [0.5, 0.6) is 0 Å². The van der Waals surface area contributed by atoms with Gasteiger partial charge in [0.1, 0.15) is 12.2 Å². The normalized spacial score (nSPS) is 27.3. The Kier molecular flexibility index (Phi) is 7.20. The Bertz CT molecular complexity index is 733. The smallest absolute Gasteiger partial charge is 0.303 e. The number of hydrogen-bond donors (Lipinski definition) is 0. The van der Waals surface area contributed by atoms with Crippen LogP contribution in [0, 0.1) is 0 Å². The minimum Gasteiger partial charge on any atom is -0.457 e. The number of carbonyl (C=O) groups is 1. The lowest BCUT2D eigenvalue weighted by Crippen LogP contribution is -2.58. The van der Waals surface area contributed by atoms with Gasteiger partial charge in [0.05, 0.1) is 25.4 Å². The highest BCUT2D eigenvalue weighted by molar-refractivity contribution is 5.66. The van der Waals surface area contributed by atoms with Crippen molar-refractivity contribution < 1.29 is 23.7 Å². The highest BCUT2D eigenvalue weighted by Gasteiger charge is 2.46. The van der Waals surface area contributed by atoms with Crippen LogP contribution in [-0.4, -0.2) is 36.5 Å². The van der Waals surface area contributed by atoms with Gasteiger partial charge in [0.15, 0.2) is 6.10 Å². The molecule has 28 heavy (non-hydrogen) atoms. The maximum atomic E-state index is 11.7. The fraction of sp³-hybridized carbons (Fsp3) is 0.435. The Labute approximate surface area is 166 Å². The largest absolute Gasteiger partial charge is 0.457 e. The lowest BCUT2D eigenvalue weighted by Gasteiger charge is -2.44. The molecule has 2 aromatic rings. The Morgan fingerprint density at radius 1 is 0.786 bits per heavy atom. The van der Waals surface area contributed by atoms with Crippen molar-refractivity contribution >= 4 is 5.97 Å². The first kappa shape index (κ1) is 20.5. The summed E-state index contributed by atoms with van der Waals surface area (Å²) >= 11 is 0. The fourth-order valence-electron chi connectivity index (χ4n) is 3.52. The van der Waals surface area contributed by atoms with Crippen molar-refractivity contribution in [3.63, 3.8) is 0 Å². The summed E-state index contributed by atoms with van der Waals surface area (Å²) < 4.78 is 24.0. The molecule has 5 heteroatoms. The highest BCUT2D eigenvalue weighted by atomic mass is 16.6. The molecule has 0 bridgehead atoms. The van der Waals surface area contributed by atoms with Gasteiger partial charge >= 0.3 is 5.97 Å². The molecule has 1 fully saturated rings. The summed E-state index contributed by atoms with van der Waals surface area (Å²) in [6.07, 6.45) is -1.78. The van der Waals surface area contributed by atoms with E-state index in [4.69, 9.17) is 18.9 Å². The monoisotopic (exact) mass is 384 g/mol. The predicted molar refractivity (Wildman–Crippen MR) is 106 cm³/mol. The van der Waals surface area contributed by atoms with Crippen LogP contribution in [0.2, 0.25) is 0 Å². The Hall–Kier alpha value is -2.21. The molecule has 1 aliphatic heterocycles. The third-order valence-corrected chi connectivity index (χ3v) is 4.87. The zero-order valence-electron chi connectivity index (χ0n) is 16.6. The van der Waals surface area contributed by atoms with Gasteiger partial charge in [0.25, 0.3) is 0 Å². The van der Waals surface area contributed by atoms with Crippen LogP contribution >= 0.6 is 0 Å². The van der Waals surface area contributed by atoms with Gasteiger partial charge in [-0.2, -0.15) is 0 Å². The Morgan fingerprint density at radius 2 is 1.25 bits per heavy atom. The molecular formula is C23H28O5. The molecule has 1 aliphatic rings. The van der Waals surface area contributed by atoms with E-state index in [1.165, 1.54) is 6.92 Å². The van der Waals surface area contributed by atoms with E-state index in [1.54, 1.807) is 0 Å². The molecule has 0 radical (unpaired) electrons. The molecule has 1 heterocycles. The fourth-order valence-corrected chi connectivity index (χ4v) is 3.52. The van der Waals surface area contributed by atoms with Gasteiger partial charge in [-0.05, 0) is 25.0 Å². The first-order valence-electron chi connectivity index (χ1n) is 9.68. The molecule has 5 atom stereocenters. The van der Waals surface area contributed by atoms with Gasteiger partial charge in [-0.25, -0.2) is 0 Å². The van der Waals surface area contributed by atoms with Crippen molar-refractivity contribution in [3.05, 3.63) is 71.8 Å². The summed E-state index contributed by atoms with van der Waals surface area (Å²) in [5.41, 5.74) is 2.12. The predicted octanol–water partition coefficient (Wildman–Crippen LogP) is 3.90. The van der Waals surface area contributed by atoms with Crippen molar-refractivity contribution in [1.82, 2.24) is 0 Å². The van der Waals surface area contributed by atoms with E-state index in [0.29, 0.717) is 13.2 Å². The molecule has 3 unspecified atom stereocenters. The molecule has 0 N–H and O–H groups in total. The van der Waals surface area contributed by atoms with Crippen molar-refractivity contribution in [1.29, 1.82) is 0 Å². The van der Waals surface area contributed by atoms with Gasteiger partial charge in [0.2, 0.25) is 0 Å². The third kappa shape index (κ3) is 5.41. The number of esters is 1. The van der Waals surface area contributed by atoms with E-state index in [0.717, 1.165) is 11.1 Å². The maximum absolute atomic E-state index is 11.7. The molecule has 150 valence electrons. The molecule has 1 saturated heterocycles. The van der Waals surface area contributed by atoms with Gasteiger partial charge in [-0.15, -0.1) is 0 Å². The number of carbonyl (C=O) groups excluding carboxylic acids is 1. The second-order valence-electron chi connectivity index (χ2n) is 7.14. The molecule has 0 aromatic heterocycles. The summed E-state index contributed by atoms with van der Waals surface area (Å²) in [6.45, 7) is 6.11. The lowest BCUT2D eigenvalue weighted by atomic mass is 9.95. The average Bonchev–Trinajstić information content (AvgIpc) is 2.69. The van der Waals surface area contributed by atoms with Gasteiger partial charge in [-0.3, -0.25) is 4.79 Å². The second kappa shape index (κ2) is 9.82. The summed E-state index contributed by atoms with van der Waals surface area (Å²) in [6, 6.07) is 19.9. The Balaban J connectivity index is 1.76. The topological polar surface area (TPSA) is 54.0 Å². The van der Waals surface area contributed by atoms with Crippen molar-refractivity contribution in [3.8, 4) is 0 Å². The molecule has 2 aromatic carbocycles. The van der Waals surface area contributed by atoms with Crippen LogP contribution in [0.15, 0.2) is 60.7 Å². The van der Waals surface area contributed by atoms with E-state index in [-0.39, 0.29) is 24.3 Å². The molecule has 0 amide bonds. The minimum atomic E-state index is -0.529. The van der Waals surface area contributed by atoms with E-state index in [1.807, 2.05) is 74.5 Å². The molecule has 3 rings (SSSR count). The van der Waals surface area contributed by atoms with Crippen LogP contribution < -0.4 is 0 Å². The molecular weight excluding hydrogens is 356 g/mol. The summed E-state index contributed by atoms with van der Waals surface area (Å²) in [5.74, 6) is -0.356. The number of ether oxygens (including phenoxy) is 4. The van der Waals surface area contributed by atoms with Crippen LogP contribution in [0.3, 0.4) is 0 Å². The average molecular weight is 384 g/mol. The molecule has 5 nitrogen and oxygen atoms in total. The quantitative estimate of drug-likeness (QED) is 0.678. The lowest BCUT2D eigenvalue weighted by molar-refractivity contribution is -0.251. The standard InChI is InChI=1S/C23H28O5/c1-16-21(25-14-19-10-6-4-7-11-19)23(22(17(2)27-16)28-18(3)24)26-15-20-12-8-5-9-13-20/h4-13,16-17,21-23H,14-15H2,1-3H3/t16?,17?,21-,22?,23-/m0/s1. The highest BCUT2D eigenvalue weighted by Crippen LogP contribution is 2.29. The van der Waals surface area contributed by atoms with Crippen molar-refractivity contribution in [2.24, 2.45) is 0 Å². The van der Waals surface area contributed by atoms with E-state index in [2.05, 4.69) is 0 Å². The first-order valence-corrected chi connectivity index (χ1v) is 9.68. The third-order valence-electron chi connectivity index (χ3n) is 4.87. The van der Waals surface area contributed by atoms with Crippen LogP contribution in [0.25, 0.3) is 0 Å². The summed E-state index contributed by atoms with van der Waals surface area (Å²) in [5, 5.41) is 0. The van der Waals surface area contributed by atoms with Crippen molar-refractivity contribution in [2.75, 3.05) is 0 Å².